The highest BCUT2D eigenvalue weighted by Gasteiger charge is 2.26. The van der Waals surface area contributed by atoms with E-state index < -0.39 is 4.30 Å². The average Bonchev–Trinajstić information content (AvgIpc) is 2.94. The van der Waals surface area contributed by atoms with Gasteiger partial charge in [-0.3, -0.25) is 9.59 Å². The molecule has 0 aliphatic rings. The van der Waals surface area contributed by atoms with E-state index in [-0.39, 0.29) is 11.6 Å². The van der Waals surface area contributed by atoms with Gasteiger partial charge in [-0.25, -0.2) is 0 Å². The second-order valence-electron chi connectivity index (χ2n) is 7.75. The molecule has 0 amide bonds. The van der Waals surface area contributed by atoms with Crippen LogP contribution in [0.3, 0.4) is 0 Å². The largest absolute Gasteiger partial charge is 0.497 e. The summed E-state index contributed by atoms with van der Waals surface area (Å²) >= 11 is 14.4. The van der Waals surface area contributed by atoms with Gasteiger partial charge >= 0.3 is 0 Å². The van der Waals surface area contributed by atoms with E-state index in [0.29, 0.717) is 50.6 Å². The highest BCUT2D eigenvalue weighted by molar-refractivity contribution is 6.63. The number of carbonyl (C=O) groups is 2. The number of fused-ring (bicyclic) bond motifs is 1. The van der Waals surface area contributed by atoms with E-state index in [1.807, 2.05) is 12.1 Å². The Kier molecular flexibility index (Phi) is 10.2. The number of hydrogen-bond acceptors (Lipinski definition) is 6. The van der Waals surface area contributed by atoms with Crippen molar-refractivity contribution in [2.45, 2.75) is 4.30 Å². The minimum Gasteiger partial charge on any atom is -0.497 e. The van der Waals surface area contributed by atoms with E-state index in [2.05, 4.69) is 0 Å². The first-order chi connectivity index (χ1) is 18.2. The summed E-state index contributed by atoms with van der Waals surface area (Å²) < 4.78 is 20.8. The van der Waals surface area contributed by atoms with Gasteiger partial charge in [0.25, 0.3) is 0 Å². The first kappa shape index (κ1) is 29.1. The van der Waals surface area contributed by atoms with Gasteiger partial charge in [0.2, 0.25) is 0 Å². The monoisotopic (exact) mass is 574 g/mol. The summed E-state index contributed by atoms with van der Waals surface area (Å²) in [6.07, 6.45) is 0. The molecule has 0 spiro atoms. The number of benzene rings is 4. The fourth-order valence-electron chi connectivity index (χ4n) is 3.94. The molecule has 4 aromatic carbocycles. The van der Waals surface area contributed by atoms with Crippen LogP contribution < -0.4 is 18.9 Å². The van der Waals surface area contributed by atoms with Gasteiger partial charge in [-0.05, 0) is 66.0 Å². The number of rotatable bonds is 8. The Hall–Kier alpha value is -3.45. The molecule has 0 N–H and O–H groups in total. The lowest BCUT2D eigenvalue weighted by molar-refractivity contribution is 0.103. The van der Waals surface area contributed by atoms with Crippen molar-refractivity contribution in [1.29, 1.82) is 0 Å². The maximum Gasteiger partial charge on any atom is 0.197 e. The van der Waals surface area contributed by atoms with Gasteiger partial charge in [-0.15, -0.1) is 0 Å². The highest BCUT2D eigenvalue weighted by atomic mass is 35.6. The van der Waals surface area contributed by atoms with Crippen LogP contribution in [0.25, 0.3) is 10.8 Å². The predicted octanol–water partition coefficient (Wildman–Crippen LogP) is 7.32. The fraction of sp³-hybridized carbons (Fsp3) is 0.172. The molecule has 4 aromatic rings. The van der Waals surface area contributed by atoms with Gasteiger partial charge < -0.3 is 18.9 Å². The molecule has 0 radical (unpaired) electrons. The van der Waals surface area contributed by atoms with Crippen molar-refractivity contribution in [3.63, 3.8) is 0 Å². The summed E-state index contributed by atoms with van der Waals surface area (Å²) in [6, 6.07) is 20.7. The van der Waals surface area contributed by atoms with Crippen molar-refractivity contribution in [2.24, 2.45) is 0 Å². The van der Waals surface area contributed by atoms with Crippen LogP contribution in [0.15, 0.2) is 72.8 Å². The SMILES string of the molecule is COc1ccc(C(=O)c2c(OC)ccc3ccc(OC)c(C(=O)c4ccc(OC)cc4)c23)cc1.ClC(Cl)Cl. The standard InChI is InChI=1S/C28H24O6.CHCl3/c1-31-20-11-5-18(6-12-20)27(29)25-22(33-3)15-9-17-10-16-23(34-4)26(24(17)25)28(30)19-7-13-21(32-2)14-8-19;2-1(3)4/h5-16H,1-4H3;1H. The minimum absolute atomic E-state index is 0.276. The first-order valence-electron chi connectivity index (χ1n) is 11.2. The normalized spacial score (nSPS) is 10.4. The lowest BCUT2D eigenvalue weighted by atomic mass is 9.89. The summed E-state index contributed by atoms with van der Waals surface area (Å²) in [4.78, 5) is 27.5. The summed E-state index contributed by atoms with van der Waals surface area (Å²) in [7, 11) is 6.12. The van der Waals surface area contributed by atoms with Crippen LogP contribution in [0.2, 0.25) is 0 Å². The predicted molar refractivity (Wildman–Crippen MR) is 151 cm³/mol. The van der Waals surface area contributed by atoms with Crippen LogP contribution in [0, 0.1) is 0 Å². The molecular formula is C29H25Cl3O6. The van der Waals surface area contributed by atoms with Crippen molar-refractivity contribution in [3.05, 3.63) is 95.1 Å². The highest BCUT2D eigenvalue weighted by Crippen LogP contribution is 2.38. The third-order valence-corrected chi connectivity index (χ3v) is 5.71. The number of halogens is 3. The Morgan fingerprint density at radius 2 is 0.895 bits per heavy atom. The lowest BCUT2D eigenvalue weighted by Gasteiger charge is -2.17. The van der Waals surface area contributed by atoms with E-state index in [1.54, 1.807) is 74.9 Å². The van der Waals surface area contributed by atoms with Crippen LogP contribution in [-0.4, -0.2) is 44.3 Å². The smallest absolute Gasteiger partial charge is 0.197 e. The number of ether oxygens (including phenoxy) is 4. The van der Waals surface area contributed by atoms with E-state index in [4.69, 9.17) is 53.8 Å². The molecular weight excluding hydrogens is 551 g/mol. The molecule has 0 bridgehead atoms. The van der Waals surface area contributed by atoms with Crippen LogP contribution in [0.1, 0.15) is 31.8 Å². The number of ketones is 2. The molecule has 9 heteroatoms. The van der Waals surface area contributed by atoms with Gasteiger partial charge in [0, 0.05) is 16.5 Å². The van der Waals surface area contributed by atoms with Gasteiger partial charge in [0.1, 0.15) is 23.0 Å². The Bertz CT molecular complexity index is 1310. The topological polar surface area (TPSA) is 71.1 Å². The Balaban J connectivity index is 0.000000934. The zero-order chi connectivity index (χ0) is 27.8. The molecule has 0 aromatic heterocycles. The molecule has 6 nitrogen and oxygen atoms in total. The third kappa shape index (κ3) is 6.51. The zero-order valence-corrected chi connectivity index (χ0v) is 23.4. The van der Waals surface area contributed by atoms with Gasteiger partial charge in [0.05, 0.1) is 39.6 Å². The quantitative estimate of drug-likeness (QED) is 0.162. The van der Waals surface area contributed by atoms with E-state index in [0.717, 1.165) is 5.39 Å². The van der Waals surface area contributed by atoms with Crippen molar-refractivity contribution in [1.82, 2.24) is 0 Å². The van der Waals surface area contributed by atoms with E-state index >= 15 is 0 Å². The number of carbonyl (C=O) groups excluding carboxylic acids is 2. The summed E-state index contributed by atoms with van der Waals surface area (Å²) in [5, 5.41) is 1.19. The molecule has 0 unspecified atom stereocenters. The lowest BCUT2D eigenvalue weighted by Crippen LogP contribution is -2.11. The molecule has 0 heterocycles. The first-order valence-corrected chi connectivity index (χ1v) is 12.5. The maximum absolute atomic E-state index is 13.7. The molecule has 0 aliphatic carbocycles. The third-order valence-electron chi connectivity index (χ3n) is 5.71. The van der Waals surface area contributed by atoms with Crippen molar-refractivity contribution in [2.75, 3.05) is 28.4 Å². The summed E-state index contributed by atoms with van der Waals surface area (Å²) in [5.41, 5.74) is 1.47. The van der Waals surface area contributed by atoms with E-state index in [1.165, 1.54) is 14.2 Å². The fourth-order valence-corrected chi connectivity index (χ4v) is 3.94. The minimum atomic E-state index is -0.750. The van der Waals surface area contributed by atoms with Gasteiger partial charge in [-0.1, -0.05) is 46.9 Å². The second-order valence-corrected chi connectivity index (χ2v) is 9.73. The molecule has 4 rings (SSSR count). The average molecular weight is 576 g/mol. The van der Waals surface area contributed by atoms with Gasteiger partial charge in [-0.2, -0.15) is 0 Å². The Morgan fingerprint density at radius 1 is 0.553 bits per heavy atom. The van der Waals surface area contributed by atoms with E-state index in [9.17, 15) is 9.59 Å². The summed E-state index contributed by atoms with van der Waals surface area (Å²) in [6.45, 7) is 0. The maximum atomic E-state index is 13.7. The van der Waals surface area contributed by atoms with Gasteiger partial charge in [0.15, 0.2) is 15.9 Å². The van der Waals surface area contributed by atoms with Crippen LogP contribution in [-0.2, 0) is 0 Å². The van der Waals surface area contributed by atoms with Crippen molar-refractivity contribution >= 4 is 57.1 Å². The second kappa shape index (κ2) is 13.4. The number of hydrogen-bond donors (Lipinski definition) is 0. The molecule has 0 saturated carbocycles. The van der Waals surface area contributed by atoms with Crippen molar-refractivity contribution < 1.29 is 28.5 Å². The molecule has 0 aliphatic heterocycles. The van der Waals surface area contributed by atoms with Crippen LogP contribution in [0.5, 0.6) is 23.0 Å². The zero-order valence-electron chi connectivity index (χ0n) is 21.1. The van der Waals surface area contributed by atoms with Crippen molar-refractivity contribution in [3.8, 4) is 23.0 Å². The molecule has 38 heavy (non-hydrogen) atoms. The Morgan fingerprint density at radius 3 is 1.18 bits per heavy atom. The molecule has 0 fully saturated rings. The molecule has 198 valence electrons. The summed E-state index contributed by atoms with van der Waals surface area (Å²) in [5.74, 6) is 1.46. The Labute approximate surface area is 235 Å². The van der Waals surface area contributed by atoms with Crippen LogP contribution in [0.4, 0.5) is 0 Å². The number of alkyl halides is 3. The number of methoxy groups -OCH3 is 4. The molecule has 0 atom stereocenters. The molecule has 0 saturated heterocycles. The van der Waals surface area contributed by atoms with Crippen LogP contribution >= 0.6 is 34.8 Å².